The molecular weight excluding hydrogens is 256 g/mol. The standard InChI is InChI=1S/C12H14O5S/c1-8-4-6-11(7-5-8)18(15,16)17-12(9(2)13)10(3)14/h4-7,12H,1-3H3. The molecule has 0 aliphatic carbocycles. The molecule has 1 rings (SSSR count). The van der Waals surface area contributed by atoms with Crippen LogP contribution < -0.4 is 0 Å². The van der Waals surface area contributed by atoms with Gasteiger partial charge in [-0.05, 0) is 32.9 Å². The Morgan fingerprint density at radius 3 is 1.89 bits per heavy atom. The van der Waals surface area contributed by atoms with E-state index in [4.69, 9.17) is 0 Å². The third kappa shape index (κ3) is 3.48. The van der Waals surface area contributed by atoms with Crippen molar-refractivity contribution in [3.63, 3.8) is 0 Å². The van der Waals surface area contributed by atoms with Gasteiger partial charge in [-0.25, -0.2) is 4.18 Å². The molecule has 0 aliphatic rings. The minimum Gasteiger partial charge on any atom is -0.297 e. The van der Waals surface area contributed by atoms with Crippen molar-refractivity contribution in [2.75, 3.05) is 0 Å². The highest BCUT2D eigenvalue weighted by molar-refractivity contribution is 7.86. The summed E-state index contributed by atoms with van der Waals surface area (Å²) in [4.78, 5) is 22.2. The summed E-state index contributed by atoms with van der Waals surface area (Å²) < 4.78 is 28.3. The summed E-state index contributed by atoms with van der Waals surface area (Å²) in [7, 11) is -4.11. The molecular formula is C12H14O5S. The first-order valence-corrected chi connectivity index (χ1v) is 6.66. The van der Waals surface area contributed by atoms with Crippen LogP contribution >= 0.6 is 0 Å². The minimum atomic E-state index is -4.11. The Balaban J connectivity index is 3.04. The molecule has 0 amide bonds. The van der Waals surface area contributed by atoms with Crippen molar-refractivity contribution >= 4 is 21.7 Å². The van der Waals surface area contributed by atoms with Gasteiger partial charge < -0.3 is 0 Å². The van der Waals surface area contributed by atoms with Gasteiger partial charge in [0.25, 0.3) is 10.1 Å². The first-order chi connectivity index (χ1) is 8.24. The normalized spacial score (nSPS) is 11.6. The van der Waals surface area contributed by atoms with Crippen LogP contribution in [0.5, 0.6) is 0 Å². The van der Waals surface area contributed by atoms with Crippen LogP contribution in [-0.2, 0) is 23.9 Å². The summed E-state index contributed by atoms with van der Waals surface area (Å²) in [5, 5.41) is 0. The van der Waals surface area contributed by atoms with E-state index in [1.807, 2.05) is 6.92 Å². The average Bonchev–Trinajstić information content (AvgIpc) is 2.26. The second-order valence-corrected chi connectivity index (χ2v) is 5.54. The second kappa shape index (κ2) is 5.41. The molecule has 5 nitrogen and oxygen atoms in total. The minimum absolute atomic E-state index is 0.0828. The Morgan fingerprint density at radius 1 is 1.06 bits per heavy atom. The van der Waals surface area contributed by atoms with E-state index in [0.29, 0.717) is 0 Å². The third-order valence-electron chi connectivity index (χ3n) is 2.27. The van der Waals surface area contributed by atoms with E-state index < -0.39 is 27.8 Å². The Morgan fingerprint density at radius 2 is 1.50 bits per heavy atom. The summed E-state index contributed by atoms with van der Waals surface area (Å²) in [5.74, 6) is -1.28. The summed E-state index contributed by atoms with van der Waals surface area (Å²) in [6.45, 7) is 4.03. The molecule has 0 atom stereocenters. The second-order valence-electron chi connectivity index (χ2n) is 3.96. The number of hydrogen-bond donors (Lipinski definition) is 0. The molecule has 6 heteroatoms. The van der Waals surface area contributed by atoms with E-state index in [-0.39, 0.29) is 4.90 Å². The molecule has 0 aliphatic heterocycles. The molecule has 0 N–H and O–H groups in total. The highest BCUT2D eigenvalue weighted by atomic mass is 32.2. The summed E-state index contributed by atoms with van der Waals surface area (Å²) in [5.41, 5.74) is 0.892. The van der Waals surface area contributed by atoms with Gasteiger partial charge in [0.1, 0.15) is 0 Å². The van der Waals surface area contributed by atoms with E-state index in [1.165, 1.54) is 12.1 Å². The molecule has 0 radical (unpaired) electrons. The maximum Gasteiger partial charge on any atom is 0.298 e. The van der Waals surface area contributed by atoms with E-state index in [9.17, 15) is 18.0 Å². The predicted molar refractivity (Wildman–Crippen MR) is 64.6 cm³/mol. The number of benzene rings is 1. The zero-order valence-corrected chi connectivity index (χ0v) is 11.2. The molecule has 0 spiro atoms. The number of ketones is 2. The summed E-state index contributed by atoms with van der Waals surface area (Å²) >= 11 is 0. The molecule has 98 valence electrons. The lowest BCUT2D eigenvalue weighted by molar-refractivity contribution is -0.134. The van der Waals surface area contributed by atoms with Crippen LogP contribution in [0.15, 0.2) is 29.2 Å². The van der Waals surface area contributed by atoms with Crippen molar-refractivity contribution in [2.24, 2.45) is 0 Å². The van der Waals surface area contributed by atoms with E-state index in [2.05, 4.69) is 4.18 Å². The van der Waals surface area contributed by atoms with E-state index >= 15 is 0 Å². The molecule has 0 bridgehead atoms. The highest BCUT2D eigenvalue weighted by Crippen LogP contribution is 2.15. The lowest BCUT2D eigenvalue weighted by atomic mass is 10.2. The van der Waals surface area contributed by atoms with Crippen molar-refractivity contribution in [1.82, 2.24) is 0 Å². The van der Waals surface area contributed by atoms with Crippen LogP contribution in [0, 0.1) is 6.92 Å². The predicted octanol–water partition coefficient (Wildman–Crippen LogP) is 1.25. The number of Topliss-reactive ketones (excluding diaryl/α,β-unsaturated/α-hetero) is 2. The van der Waals surface area contributed by atoms with Gasteiger partial charge in [0.05, 0.1) is 4.90 Å². The van der Waals surface area contributed by atoms with Crippen LogP contribution in [0.2, 0.25) is 0 Å². The van der Waals surface area contributed by atoms with Gasteiger partial charge in [0.15, 0.2) is 17.7 Å². The highest BCUT2D eigenvalue weighted by Gasteiger charge is 2.28. The molecule has 0 saturated heterocycles. The average molecular weight is 270 g/mol. The Kier molecular flexibility index (Phi) is 4.37. The fourth-order valence-electron chi connectivity index (χ4n) is 1.31. The van der Waals surface area contributed by atoms with E-state index in [0.717, 1.165) is 19.4 Å². The van der Waals surface area contributed by atoms with Crippen molar-refractivity contribution < 1.29 is 22.2 Å². The lowest BCUT2D eigenvalue weighted by Gasteiger charge is -2.11. The van der Waals surface area contributed by atoms with Crippen molar-refractivity contribution in [3.05, 3.63) is 29.8 Å². The molecule has 1 aromatic carbocycles. The molecule has 1 aromatic rings. The summed E-state index contributed by atoms with van der Waals surface area (Å²) in [6, 6.07) is 5.93. The quantitative estimate of drug-likeness (QED) is 0.594. The van der Waals surface area contributed by atoms with Gasteiger partial charge in [-0.15, -0.1) is 0 Å². The molecule has 0 saturated carbocycles. The van der Waals surface area contributed by atoms with Gasteiger partial charge >= 0.3 is 0 Å². The maximum absolute atomic E-state index is 11.8. The van der Waals surface area contributed by atoms with Crippen LogP contribution in [0.4, 0.5) is 0 Å². The Bertz CT molecular complexity index is 543. The van der Waals surface area contributed by atoms with Gasteiger partial charge in [-0.3, -0.25) is 9.59 Å². The third-order valence-corrected chi connectivity index (χ3v) is 3.57. The first kappa shape index (κ1) is 14.5. The van der Waals surface area contributed by atoms with Gasteiger partial charge in [0.2, 0.25) is 0 Å². The van der Waals surface area contributed by atoms with Crippen molar-refractivity contribution in [3.8, 4) is 0 Å². The van der Waals surface area contributed by atoms with Crippen LogP contribution in [0.3, 0.4) is 0 Å². The van der Waals surface area contributed by atoms with Gasteiger partial charge in [0, 0.05) is 0 Å². The lowest BCUT2D eigenvalue weighted by Crippen LogP contribution is -2.32. The maximum atomic E-state index is 11.8. The number of rotatable bonds is 5. The van der Waals surface area contributed by atoms with Crippen LogP contribution in [0.1, 0.15) is 19.4 Å². The zero-order chi connectivity index (χ0) is 13.9. The van der Waals surface area contributed by atoms with E-state index in [1.54, 1.807) is 12.1 Å². The van der Waals surface area contributed by atoms with Crippen LogP contribution in [-0.4, -0.2) is 26.1 Å². The fraction of sp³-hybridized carbons (Fsp3) is 0.333. The molecule has 0 heterocycles. The van der Waals surface area contributed by atoms with Gasteiger partial charge in [-0.1, -0.05) is 17.7 Å². The Hall–Kier alpha value is -1.53. The summed E-state index contributed by atoms with van der Waals surface area (Å²) in [6.07, 6.45) is -1.57. The number of aryl methyl sites for hydroxylation is 1. The molecule has 0 aromatic heterocycles. The Labute approximate surface area is 106 Å². The number of hydrogen-bond acceptors (Lipinski definition) is 5. The molecule has 18 heavy (non-hydrogen) atoms. The SMILES string of the molecule is CC(=O)C(OS(=O)(=O)c1ccc(C)cc1)C(C)=O. The number of carbonyl (C=O) groups excluding carboxylic acids is 2. The van der Waals surface area contributed by atoms with Crippen molar-refractivity contribution in [2.45, 2.75) is 31.8 Å². The topological polar surface area (TPSA) is 77.5 Å². The smallest absolute Gasteiger partial charge is 0.297 e. The monoisotopic (exact) mass is 270 g/mol. The van der Waals surface area contributed by atoms with Crippen molar-refractivity contribution in [1.29, 1.82) is 0 Å². The zero-order valence-electron chi connectivity index (χ0n) is 10.3. The molecule has 0 unspecified atom stereocenters. The number of carbonyl (C=O) groups is 2. The first-order valence-electron chi connectivity index (χ1n) is 5.25. The van der Waals surface area contributed by atoms with Gasteiger partial charge in [-0.2, -0.15) is 8.42 Å². The molecule has 0 fully saturated rings. The largest absolute Gasteiger partial charge is 0.298 e. The fourth-order valence-corrected chi connectivity index (χ4v) is 2.41. The van der Waals surface area contributed by atoms with Crippen LogP contribution in [0.25, 0.3) is 0 Å².